The van der Waals surface area contributed by atoms with Gasteiger partial charge in [0.1, 0.15) is 0 Å². The number of amides is 2. The van der Waals surface area contributed by atoms with Crippen LogP contribution >= 0.6 is 0 Å². The summed E-state index contributed by atoms with van der Waals surface area (Å²) >= 11 is 0. The summed E-state index contributed by atoms with van der Waals surface area (Å²) in [6, 6.07) is 11.6. The van der Waals surface area contributed by atoms with Gasteiger partial charge in [-0.2, -0.15) is 0 Å². The van der Waals surface area contributed by atoms with Gasteiger partial charge in [0.15, 0.2) is 0 Å². The Balaban J connectivity index is 1.58. The summed E-state index contributed by atoms with van der Waals surface area (Å²) in [5.41, 5.74) is 6.05. The van der Waals surface area contributed by atoms with Crippen LogP contribution in [0.15, 0.2) is 36.4 Å². The van der Waals surface area contributed by atoms with Gasteiger partial charge < -0.3 is 10.6 Å². The third-order valence-corrected chi connectivity index (χ3v) is 4.91. The largest absolute Gasteiger partial charge is 0.326 e. The molecule has 1 heterocycles. The molecule has 0 saturated heterocycles. The normalized spacial score (nSPS) is 15.9. The smallest absolute Gasteiger partial charge is 0.255 e. The number of hydrogen-bond acceptors (Lipinski definition) is 2. The molecule has 1 aliphatic heterocycles. The van der Waals surface area contributed by atoms with Crippen molar-refractivity contribution in [1.29, 1.82) is 0 Å². The summed E-state index contributed by atoms with van der Waals surface area (Å²) < 4.78 is 0. The second kappa shape index (κ2) is 6.11. The maximum Gasteiger partial charge on any atom is 0.255 e. The SMILES string of the molecule is O=C1CCc2cc(C(=O)Nc3cccc4c3CCCC4)ccc2N1. The first-order valence-corrected chi connectivity index (χ1v) is 8.55. The number of hydrogen-bond donors (Lipinski definition) is 2. The zero-order chi connectivity index (χ0) is 16.5. The number of benzene rings is 2. The van der Waals surface area contributed by atoms with Crippen molar-refractivity contribution in [3.63, 3.8) is 0 Å². The molecule has 2 N–H and O–H groups in total. The molecule has 0 atom stereocenters. The standard InChI is InChI=1S/C20H20N2O2/c23-19-11-9-14-12-15(8-10-17(14)21-19)20(24)22-18-7-3-5-13-4-1-2-6-16(13)18/h3,5,7-8,10,12H,1-2,4,6,9,11H2,(H,21,23)(H,22,24). The molecule has 4 nitrogen and oxygen atoms in total. The molecular weight excluding hydrogens is 300 g/mol. The Hall–Kier alpha value is -2.62. The Morgan fingerprint density at radius 1 is 0.958 bits per heavy atom. The monoisotopic (exact) mass is 320 g/mol. The molecule has 24 heavy (non-hydrogen) atoms. The second-order valence-corrected chi connectivity index (χ2v) is 6.52. The molecule has 2 amide bonds. The fourth-order valence-corrected chi connectivity index (χ4v) is 3.62. The van der Waals surface area contributed by atoms with Crippen LogP contribution in [0.4, 0.5) is 11.4 Å². The van der Waals surface area contributed by atoms with Gasteiger partial charge >= 0.3 is 0 Å². The van der Waals surface area contributed by atoms with Crippen LogP contribution < -0.4 is 10.6 Å². The molecule has 4 heteroatoms. The second-order valence-electron chi connectivity index (χ2n) is 6.52. The minimum absolute atomic E-state index is 0.0376. The van der Waals surface area contributed by atoms with E-state index >= 15 is 0 Å². The zero-order valence-corrected chi connectivity index (χ0v) is 13.5. The molecule has 0 bridgehead atoms. The van der Waals surface area contributed by atoms with Crippen LogP contribution in [-0.4, -0.2) is 11.8 Å². The quantitative estimate of drug-likeness (QED) is 0.886. The number of anilines is 2. The number of carbonyl (C=O) groups is 2. The van der Waals surface area contributed by atoms with Gasteiger partial charge in [0.25, 0.3) is 5.91 Å². The van der Waals surface area contributed by atoms with Gasteiger partial charge in [-0.1, -0.05) is 12.1 Å². The molecule has 0 radical (unpaired) electrons. The van der Waals surface area contributed by atoms with Crippen LogP contribution in [0.5, 0.6) is 0 Å². The van der Waals surface area contributed by atoms with E-state index < -0.39 is 0 Å². The highest BCUT2D eigenvalue weighted by Crippen LogP contribution is 2.29. The van der Waals surface area contributed by atoms with Crippen molar-refractivity contribution in [2.24, 2.45) is 0 Å². The van der Waals surface area contributed by atoms with E-state index in [1.165, 1.54) is 24.0 Å². The minimum Gasteiger partial charge on any atom is -0.326 e. The topological polar surface area (TPSA) is 58.2 Å². The lowest BCUT2D eigenvalue weighted by molar-refractivity contribution is -0.116. The lowest BCUT2D eigenvalue weighted by Crippen LogP contribution is -2.20. The molecule has 2 aromatic carbocycles. The molecule has 122 valence electrons. The van der Waals surface area contributed by atoms with E-state index in [0.717, 1.165) is 29.8 Å². The van der Waals surface area contributed by atoms with Gasteiger partial charge in [0.05, 0.1) is 0 Å². The molecule has 0 spiro atoms. The Labute approximate surface area is 141 Å². The van der Waals surface area contributed by atoms with Crippen molar-refractivity contribution >= 4 is 23.2 Å². The number of rotatable bonds is 2. The van der Waals surface area contributed by atoms with Gasteiger partial charge in [-0.3, -0.25) is 9.59 Å². The van der Waals surface area contributed by atoms with Crippen LogP contribution in [0.1, 0.15) is 46.3 Å². The first-order chi connectivity index (χ1) is 11.7. The van der Waals surface area contributed by atoms with Crippen molar-refractivity contribution < 1.29 is 9.59 Å². The molecular formula is C20H20N2O2. The zero-order valence-electron chi connectivity index (χ0n) is 13.5. The van der Waals surface area contributed by atoms with Crippen LogP contribution in [0.3, 0.4) is 0 Å². The minimum atomic E-state index is -0.0892. The predicted octanol–water partition coefficient (Wildman–Crippen LogP) is 3.70. The summed E-state index contributed by atoms with van der Waals surface area (Å²) in [6.07, 6.45) is 5.69. The predicted molar refractivity (Wildman–Crippen MR) is 94.4 cm³/mol. The number of nitrogens with one attached hydrogen (secondary N) is 2. The highest BCUT2D eigenvalue weighted by atomic mass is 16.2. The summed E-state index contributed by atoms with van der Waals surface area (Å²) in [5, 5.41) is 5.92. The van der Waals surface area contributed by atoms with Crippen LogP contribution in [0, 0.1) is 0 Å². The maximum absolute atomic E-state index is 12.7. The average molecular weight is 320 g/mol. The van der Waals surface area contributed by atoms with E-state index in [0.29, 0.717) is 18.4 Å². The molecule has 0 saturated carbocycles. The lowest BCUT2D eigenvalue weighted by atomic mass is 9.90. The van der Waals surface area contributed by atoms with Gasteiger partial charge in [-0.25, -0.2) is 0 Å². The average Bonchev–Trinajstić information content (AvgIpc) is 2.61. The fraction of sp³-hybridized carbons (Fsp3) is 0.300. The highest BCUT2D eigenvalue weighted by molar-refractivity contribution is 6.05. The summed E-state index contributed by atoms with van der Waals surface area (Å²) in [5.74, 6) is -0.0516. The van der Waals surface area contributed by atoms with Crippen LogP contribution in [-0.2, 0) is 24.1 Å². The first-order valence-electron chi connectivity index (χ1n) is 8.55. The van der Waals surface area contributed by atoms with Crippen molar-refractivity contribution in [1.82, 2.24) is 0 Å². The van der Waals surface area contributed by atoms with Gasteiger partial charge in [0.2, 0.25) is 5.91 Å². The molecule has 0 fully saturated rings. The Bertz CT molecular complexity index is 826. The van der Waals surface area contributed by atoms with E-state index in [2.05, 4.69) is 16.7 Å². The van der Waals surface area contributed by atoms with Crippen molar-refractivity contribution in [2.45, 2.75) is 38.5 Å². The van der Waals surface area contributed by atoms with Crippen LogP contribution in [0.2, 0.25) is 0 Å². The first kappa shape index (κ1) is 14.9. The summed E-state index contributed by atoms with van der Waals surface area (Å²) in [4.78, 5) is 24.1. The lowest BCUT2D eigenvalue weighted by Gasteiger charge is -2.20. The summed E-state index contributed by atoms with van der Waals surface area (Å²) in [6.45, 7) is 0. The Morgan fingerprint density at radius 2 is 1.83 bits per heavy atom. The Kier molecular flexibility index (Phi) is 3.81. The molecule has 1 aliphatic carbocycles. The Morgan fingerprint density at radius 3 is 2.75 bits per heavy atom. The third kappa shape index (κ3) is 2.80. The molecule has 2 aliphatic rings. The number of carbonyl (C=O) groups excluding carboxylic acids is 2. The number of fused-ring (bicyclic) bond motifs is 2. The maximum atomic E-state index is 12.7. The van der Waals surface area contributed by atoms with Gasteiger partial charge in [0, 0.05) is 23.4 Å². The molecule has 0 unspecified atom stereocenters. The van der Waals surface area contributed by atoms with Gasteiger partial charge in [-0.15, -0.1) is 0 Å². The van der Waals surface area contributed by atoms with E-state index in [4.69, 9.17) is 0 Å². The van der Waals surface area contributed by atoms with E-state index in [1.54, 1.807) is 6.07 Å². The van der Waals surface area contributed by atoms with Crippen molar-refractivity contribution in [3.8, 4) is 0 Å². The van der Waals surface area contributed by atoms with E-state index in [9.17, 15) is 9.59 Å². The van der Waals surface area contributed by atoms with Crippen LogP contribution in [0.25, 0.3) is 0 Å². The van der Waals surface area contributed by atoms with Crippen molar-refractivity contribution in [3.05, 3.63) is 58.7 Å². The molecule has 2 aromatic rings. The number of aryl methyl sites for hydroxylation is 2. The highest BCUT2D eigenvalue weighted by Gasteiger charge is 2.18. The fourth-order valence-electron chi connectivity index (χ4n) is 3.62. The molecule has 4 rings (SSSR count). The van der Waals surface area contributed by atoms with E-state index in [1.807, 2.05) is 24.3 Å². The van der Waals surface area contributed by atoms with Crippen molar-refractivity contribution in [2.75, 3.05) is 10.6 Å². The molecule has 0 aromatic heterocycles. The summed E-state index contributed by atoms with van der Waals surface area (Å²) in [7, 11) is 0. The van der Waals surface area contributed by atoms with Gasteiger partial charge in [-0.05, 0) is 73.1 Å². The van der Waals surface area contributed by atoms with E-state index in [-0.39, 0.29) is 11.8 Å². The third-order valence-electron chi connectivity index (χ3n) is 4.91.